The highest BCUT2D eigenvalue weighted by Crippen LogP contribution is 2.28. The molecule has 1 aromatic carbocycles. The maximum absolute atomic E-state index is 12.2. The minimum absolute atomic E-state index is 0.100. The van der Waals surface area contributed by atoms with Crippen LogP contribution >= 0.6 is 11.3 Å². The molecular weight excluding hydrogens is 266 g/mol. The van der Waals surface area contributed by atoms with Crippen molar-refractivity contribution in [2.45, 2.75) is 11.1 Å². The van der Waals surface area contributed by atoms with E-state index in [1.807, 2.05) is 6.07 Å². The van der Waals surface area contributed by atoms with Crippen molar-refractivity contribution in [2.75, 3.05) is 0 Å². The summed E-state index contributed by atoms with van der Waals surface area (Å²) in [5.41, 5.74) is 1.27. The van der Waals surface area contributed by atoms with E-state index < -0.39 is 15.2 Å². The molecule has 5 heteroatoms. The third-order valence-corrected chi connectivity index (χ3v) is 4.99. The zero-order valence-electron chi connectivity index (χ0n) is 9.48. The average molecular weight is 277 g/mol. The highest BCUT2D eigenvalue weighted by Gasteiger charge is 2.32. The van der Waals surface area contributed by atoms with Crippen LogP contribution in [0.1, 0.15) is 16.5 Å². The van der Waals surface area contributed by atoms with E-state index in [1.54, 1.807) is 41.1 Å². The van der Waals surface area contributed by atoms with E-state index in [9.17, 15) is 8.42 Å². The molecule has 2 rings (SSSR count). The Morgan fingerprint density at radius 2 is 1.94 bits per heavy atom. The summed E-state index contributed by atoms with van der Waals surface area (Å²) in [6, 6.07) is 10.6. The lowest BCUT2D eigenvalue weighted by Gasteiger charge is -2.06. The van der Waals surface area contributed by atoms with Gasteiger partial charge in [0.1, 0.15) is 0 Å². The first-order valence-electron chi connectivity index (χ1n) is 5.27. The molecule has 0 fully saturated rings. The monoisotopic (exact) mass is 277 g/mol. The van der Waals surface area contributed by atoms with Gasteiger partial charge < -0.3 is 0 Å². The van der Waals surface area contributed by atoms with E-state index >= 15 is 0 Å². The van der Waals surface area contributed by atoms with Crippen LogP contribution in [0.25, 0.3) is 4.85 Å². The lowest BCUT2D eigenvalue weighted by molar-refractivity contribution is 0.589. The van der Waals surface area contributed by atoms with Crippen LogP contribution in [0.3, 0.4) is 0 Å². The Balaban J connectivity index is 2.29. The Bertz CT molecular complexity index is 640. The molecule has 0 spiro atoms. The van der Waals surface area contributed by atoms with Gasteiger partial charge in [0.2, 0.25) is 9.84 Å². The van der Waals surface area contributed by atoms with Crippen LogP contribution < -0.4 is 0 Å². The van der Waals surface area contributed by atoms with Crippen molar-refractivity contribution in [3.8, 4) is 0 Å². The third-order valence-electron chi connectivity index (χ3n) is 2.50. The molecule has 92 valence electrons. The van der Waals surface area contributed by atoms with E-state index in [-0.39, 0.29) is 5.75 Å². The molecule has 1 aromatic heterocycles. The van der Waals surface area contributed by atoms with Crippen molar-refractivity contribution in [1.29, 1.82) is 0 Å². The van der Waals surface area contributed by atoms with Crippen molar-refractivity contribution in [3.05, 3.63) is 69.7 Å². The van der Waals surface area contributed by atoms with E-state index in [1.165, 1.54) is 11.3 Å². The normalized spacial score (nSPS) is 12.8. The number of thiophene rings is 1. The quantitative estimate of drug-likeness (QED) is 0.804. The fourth-order valence-electron chi connectivity index (χ4n) is 1.66. The Morgan fingerprint density at radius 3 is 2.50 bits per heavy atom. The highest BCUT2D eigenvalue weighted by atomic mass is 32.2. The maximum atomic E-state index is 12.2. The minimum Gasteiger partial charge on any atom is -0.291 e. The molecule has 18 heavy (non-hydrogen) atoms. The first-order valence-corrected chi connectivity index (χ1v) is 7.93. The van der Waals surface area contributed by atoms with Gasteiger partial charge in [-0.05, 0) is 17.0 Å². The minimum atomic E-state index is -3.50. The number of hydrogen-bond donors (Lipinski definition) is 0. The van der Waals surface area contributed by atoms with Gasteiger partial charge in [-0.1, -0.05) is 30.3 Å². The zero-order valence-corrected chi connectivity index (χ0v) is 11.1. The molecular formula is C13H11NO2S2. The van der Waals surface area contributed by atoms with Gasteiger partial charge in [0, 0.05) is 5.38 Å². The standard InChI is InChI=1S/C13H11NO2S2/c1-14-13(12-7-8-17-9-12)18(15,16)10-11-5-3-2-4-6-11/h2-9,13H,10H2. The van der Waals surface area contributed by atoms with Crippen LogP contribution in [0, 0.1) is 6.57 Å². The van der Waals surface area contributed by atoms with Crippen LogP contribution in [0.4, 0.5) is 0 Å². The first-order chi connectivity index (χ1) is 8.63. The molecule has 0 amide bonds. The Labute approximate surface area is 110 Å². The van der Waals surface area contributed by atoms with E-state index in [0.29, 0.717) is 11.1 Å². The average Bonchev–Trinajstić information content (AvgIpc) is 2.83. The van der Waals surface area contributed by atoms with Gasteiger partial charge in [-0.3, -0.25) is 4.85 Å². The molecule has 1 heterocycles. The highest BCUT2D eigenvalue weighted by molar-refractivity contribution is 7.91. The van der Waals surface area contributed by atoms with Gasteiger partial charge in [0.25, 0.3) is 0 Å². The molecule has 0 aliphatic rings. The summed E-state index contributed by atoms with van der Waals surface area (Å²) in [4.78, 5) is 3.27. The van der Waals surface area contributed by atoms with Crippen LogP contribution in [-0.2, 0) is 15.6 Å². The second-order valence-corrected chi connectivity index (χ2v) is 6.67. The molecule has 0 radical (unpaired) electrons. The molecule has 2 aromatic rings. The predicted molar refractivity (Wildman–Crippen MR) is 72.7 cm³/mol. The number of nitrogens with zero attached hydrogens (tertiary/aromatic N) is 1. The van der Waals surface area contributed by atoms with E-state index in [4.69, 9.17) is 6.57 Å². The van der Waals surface area contributed by atoms with Crippen LogP contribution in [-0.4, -0.2) is 8.42 Å². The molecule has 1 unspecified atom stereocenters. The summed E-state index contributed by atoms with van der Waals surface area (Å²) >= 11 is 1.40. The van der Waals surface area contributed by atoms with Crippen molar-refractivity contribution >= 4 is 21.2 Å². The van der Waals surface area contributed by atoms with Crippen molar-refractivity contribution in [1.82, 2.24) is 0 Å². The molecule has 0 bridgehead atoms. The van der Waals surface area contributed by atoms with Crippen LogP contribution in [0.5, 0.6) is 0 Å². The van der Waals surface area contributed by atoms with Crippen molar-refractivity contribution < 1.29 is 8.42 Å². The largest absolute Gasteiger partial charge is 0.346 e. The Hall–Kier alpha value is -1.64. The number of hydrogen-bond acceptors (Lipinski definition) is 3. The third kappa shape index (κ3) is 2.78. The smallest absolute Gasteiger partial charge is 0.291 e. The predicted octanol–water partition coefficient (Wildman–Crippen LogP) is 3.28. The van der Waals surface area contributed by atoms with Crippen molar-refractivity contribution in [3.63, 3.8) is 0 Å². The van der Waals surface area contributed by atoms with Gasteiger partial charge in [-0.25, -0.2) is 15.0 Å². The number of sulfone groups is 1. The number of benzene rings is 1. The summed E-state index contributed by atoms with van der Waals surface area (Å²) in [5.74, 6) is -0.100. The fourth-order valence-corrected chi connectivity index (χ4v) is 3.96. The Morgan fingerprint density at radius 1 is 1.22 bits per heavy atom. The van der Waals surface area contributed by atoms with E-state index in [0.717, 1.165) is 0 Å². The van der Waals surface area contributed by atoms with Gasteiger partial charge in [0.05, 0.1) is 11.3 Å². The molecule has 0 saturated carbocycles. The summed E-state index contributed by atoms with van der Waals surface area (Å²) in [6.07, 6.45) is 0. The van der Waals surface area contributed by atoms with Crippen LogP contribution in [0.2, 0.25) is 0 Å². The second kappa shape index (κ2) is 5.34. The van der Waals surface area contributed by atoms with Crippen LogP contribution in [0.15, 0.2) is 47.2 Å². The SMILES string of the molecule is [C-]#[N+]C(c1ccsc1)S(=O)(=O)Cc1ccccc1. The van der Waals surface area contributed by atoms with Gasteiger partial charge >= 0.3 is 5.37 Å². The lowest BCUT2D eigenvalue weighted by Crippen LogP contribution is -2.12. The second-order valence-electron chi connectivity index (χ2n) is 3.83. The topological polar surface area (TPSA) is 38.5 Å². The molecule has 0 N–H and O–H groups in total. The summed E-state index contributed by atoms with van der Waals surface area (Å²) in [7, 11) is -3.50. The van der Waals surface area contributed by atoms with Gasteiger partial charge in [0.15, 0.2) is 0 Å². The zero-order chi connectivity index (χ0) is 13.0. The first kappa shape index (κ1) is 12.8. The fraction of sp³-hybridized carbons (Fsp3) is 0.154. The summed E-state index contributed by atoms with van der Waals surface area (Å²) < 4.78 is 24.4. The molecule has 0 aliphatic heterocycles. The maximum Gasteiger partial charge on any atom is 0.346 e. The molecule has 1 atom stereocenters. The summed E-state index contributed by atoms with van der Waals surface area (Å²) in [5, 5.41) is 2.40. The van der Waals surface area contributed by atoms with E-state index in [2.05, 4.69) is 4.85 Å². The molecule has 3 nitrogen and oxygen atoms in total. The van der Waals surface area contributed by atoms with Crippen molar-refractivity contribution in [2.24, 2.45) is 0 Å². The summed E-state index contributed by atoms with van der Waals surface area (Å²) in [6.45, 7) is 7.11. The van der Waals surface area contributed by atoms with Gasteiger partial charge in [-0.2, -0.15) is 11.3 Å². The molecule has 0 aliphatic carbocycles. The Kier molecular flexibility index (Phi) is 3.80. The molecule has 0 saturated heterocycles. The number of rotatable bonds is 4. The van der Waals surface area contributed by atoms with Gasteiger partial charge in [-0.15, -0.1) is 0 Å². The lowest BCUT2D eigenvalue weighted by atomic mass is 10.2.